The molecule has 1 fully saturated rings. The highest BCUT2D eigenvalue weighted by Gasteiger charge is 2.24. The topological polar surface area (TPSA) is 21.3 Å². The number of rotatable bonds is 6. The highest BCUT2D eigenvalue weighted by molar-refractivity contribution is 4.82. The summed E-state index contributed by atoms with van der Waals surface area (Å²) in [7, 11) is 0. The Labute approximate surface area is 88.4 Å². The molecule has 0 aromatic carbocycles. The molecule has 2 unspecified atom stereocenters. The van der Waals surface area contributed by atoms with E-state index in [4.69, 9.17) is 4.74 Å². The van der Waals surface area contributed by atoms with Crippen LogP contribution < -0.4 is 5.32 Å². The van der Waals surface area contributed by atoms with E-state index in [9.17, 15) is 0 Å². The van der Waals surface area contributed by atoms with Gasteiger partial charge in [0.05, 0.1) is 6.10 Å². The summed E-state index contributed by atoms with van der Waals surface area (Å²) in [6, 6.07) is 0.696. The van der Waals surface area contributed by atoms with Crippen molar-refractivity contribution in [2.75, 3.05) is 13.2 Å². The standard InChI is InChI=1S/C12H25NO/c1-4-5-6-14-12-8-11(13-9-12)7-10(2)3/h10-13H,4-9H2,1-3H3. The summed E-state index contributed by atoms with van der Waals surface area (Å²) in [5.41, 5.74) is 0. The van der Waals surface area contributed by atoms with Crippen LogP contribution >= 0.6 is 0 Å². The average Bonchev–Trinajstić information content (AvgIpc) is 2.52. The van der Waals surface area contributed by atoms with E-state index in [1.54, 1.807) is 0 Å². The van der Waals surface area contributed by atoms with Gasteiger partial charge < -0.3 is 10.1 Å². The number of unbranched alkanes of at least 4 members (excludes halogenated alkanes) is 1. The second-order valence-electron chi connectivity index (χ2n) is 4.82. The van der Waals surface area contributed by atoms with Crippen molar-refractivity contribution in [3.8, 4) is 0 Å². The van der Waals surface area contributed by atoms with Crippen molar-refractivity contribution in [1.82, 2.24) is 5.32 Å². The molecule has 1 heterocycles. The fourth-order valence-corrected chi connectivity index (χ4v) is 2.05. The van der Waals surface area contributed by atoms with Crippen LogP contribution in [0.4, 0.5) is 0 Å². The Hall–Kier alpha value is -0.0800. The molecular formula is C12H25NO. The summed E-state index contributed by atoms with van der Waals surface area (Å²) in [6.45, 7) is 8.77. The van der Waals surface area contributed by atoms with E-state index in [2.05, 4.69) is 26.1 Å². The Morgan fingerprint density at radius 3 is 2.86 bits per heavy atom. The van der Waals surface area contributed by atoms with Gasteiger partial charge in [0.2, 0.25) is 0 Å². The fraction of sp³-hybridized carbons (Fsp3) is 1.00. The van der Waals surface area contributed by atoms with E-state index in [1.807, 2.05) is 0 Å². The molecule has 1 N–H and O–H groups in total. The Bertz CT molecular complexity index is 147. The lowest BCUT2D eigenvalue weighted by atomic mass is 10.0. The minimum Gasteiger partial charge on any atom is -0.377 e. The Morgan fingerprint density at radius 1 is 1.43 bits per heavy atom. The van der Waals surface area contributed by atoms with Gasteiger partial charge in [0.1, 0.15) is 0 Å². The minimum atomic E-state index is 0.477. The number of hydrogen-bond acceptors (Lipinski definition) is 2. The zero-order valence-electron chi connectivity index (χ0n) is 9.88. The molecule has 2 atom stereocenters. The normalized spacial score (nSPS) is 27.4. The summed E-state index contributed by atoms with van der Waals surface area (Å²) in [4.78, 5) is 0. The zero-order chi connectivity index (χ0) is 10.4. The minimum absolute atomic E-state index is 0.477. The second-order valence-corrected chi connectivity index (χ2v) is 4.82. The summed E-state index contributed by atoms with van der Waals surface area (Å²) >= 11 is 0. The summed E-state index contributed by atoms with van der Waals surface area (Å²) in [5, 5.41) is 3.54. The van der Waals surface area contributed by atoms with Gasteiger partial charge in [-0.05, 0) is 25.2 Å². The molecule has 0 amide bonds. The van der Waals surface area contributed by atoms with Gasteiger partial charge in [-0.1, -0.05) is 27.2 Å². The third-order valence-corrected chi connectivity index (χ3v) is 2.79. The lowest BCUT2D eigenvalue weighted by Crippen LogP contribution is -2.23. The molecule has 0 aromatic rings. The monoisotopic (exact) mass is 199 g/mol. The molecule has 2 heteroatoms. The smallest absolute Gasteiger partial charge is 0.0714 e. The van der Waals surface area contributed by atoms with Crippen molar-refractivity contribution in [3.05, 3.63) is 0 Å². The largest absolute Gasteiger partial charge is 0.377 e. The van der Waals surface area contributed by atoms with Gasteiger partial charge in [0.15, 0.2) is 0 Å². The lowest BCUT2D eigenvalue weighted by molar-refractivity contribution is 0.0630. The van der Waals surface area contributed by atoms with Gasteiger partial charge in [-0.3, -0.25) is 0 Å². The maximum Gasteiger partial charge on any atom is 0.0714 e. The van der Waals surface area contributed by atoms with Crippen LogP contribution in [-0.2, 0) is 4.74 Å². The first-order valence-corrected chi connectivity index (χ1v) is 6.07. The van der Waals surface area contributed by atoms with Crippen molar-refractivity contribution in [2.24, 2.45) is 5.92 Å². The Morgan fingerprint density at radius 2 is 2.21 bits per heavy atom. The molecule has 0 aliphatic carbocycles. The predicted molar refractivity (Wildman–Crippen MR) is 60.5 cm³/mol. The third kappa shape index (κ3) is 4.43. The summed E-state index contributed by atoms with van der Waals surface area (Å²) < 4.78 is 5.79. The Kier molecular flexibility index (Phi) is 5.49. The van der Waals surface area contributed by atoms with Crippen molar-refractivity contribution in [1.29, 1.82) is 0 Å². The van der Waals surface area contributed by atoms with E-state index < -0.39 is 0 Å². The van der Waals surface area contributed by atoms with Gasteiger partial charge in [-0.25, -0.2) is 0 Å². The highest BCUT2D eigenvalue weighted by Crippen LogP contribution is 2.17. The van der Waals surface area contributed by atoms with Crippen LogP contribution in [-0.4, -0.2) is 25.3 Å². The van der Waals surface area contributed by atoms with E-state index in [-0.39, 0.29) is 0 Å². The zero-order valence-corrected chi connectivity index (χ0v) is 9.88. The molecular weight excluding hydrogens is 174 g/mol. The quantitative estimate of drug-likeness (QED) is 0.664. The summed E-state index contributed by atoms with van der Waals surface area (Å²) in [6.07, 6.45) is 5.40. The molecule has 1 aliphatic rings. The second kappa shape index (κ2) is 6.41. The van der Waals surface area contributed by atoms with Crippen molar-refractivity contribution in [2.45, 2.75) is 58.6 Å². The van der Waals surface area contributed by atoms with E-state index >= 15 is 0 Å². The van der Waals surface area contributed by atoms with E-state index in [1.165, 1.54) is 25.7 Å². The number of nitrogens with one attached hydrogen (secondary N) is 1. The van der Waals surface area contributed by atoms with Crippen LogP contribution in [0.15, 0.2) is 0 Å². The van der Waals surface area contributed by atoms with Crippen LogP contribution in [0.25, 0.3) is 0 Å². The molecule has 0 saturated carbocycles. The molecule has 1 rings (SSSR count). The maximum atomic E-state index is 5.79. The summed E-state index contributed by atoms with van der Waals surface area (Å²) in [5.74, 6) is 0.793. The van der Waals surface area contributed by atoms with Gasteiger partial charge in [-0.2, -0.15) is 0 Å². The average molecular weight is 199 g/mol. The van der Waals surface area contributed by atoms with Crippen LogP contribution in [0.3, 0.4) is 0 Å². The molecule has 2 nitrogen and oxygen atoms in total. The van der Waals surface area contributed by atoms with Gasteiger partial charge in [-0.15, -0.1) is 0 Å². The lowest BCUT2D eigenvalue weighted by Gasteiger charge is -2.13. The molecule has 1 saturated heterocycles. The van der Waals surface area contributed by atoms with E-state index in [0.29, 0.717) is 12.1 Å². The highest BCUT2D eigenvalue weighted by atomic mass is 16.5. The molecule has 0 radical (unpaired) electrons. The molecule has 84 valence electrons. The van der Waals surface area contributed by atoms with Crippen molar-refractivity contribution in [3.63, 3.8) is 0 Å². The number of hydrogen-bond donors (Lipinski definition) is 1. The van der Waals surface area contributed by atoms with Gasteiger partial charge in [0.25, 0.3) is 0 Å². The Balaban J connectivity index is 2.08. The molecule has 1 aliphatic heterocycles. The van der Waals surface area contributed by atoms with E-state index in [0.717, 1.165) is 19.1 Å². The van der Waals surface area contributed by atoms with Gasteiger partial charge >= 0.3 is 0 Å². The van der Waals surface area contributed by atoms with Gasteiger partial charge in [0, 0.05) is 19.2 Å². The fourth-order valence-electron chi connectivity index (χ4n) is 2.05. The van der Waals surface area contributed by atoms with Crippen molar-refractivity contribution >= 4 is 0 Å². The first-order chi connectivity index (χ1) is 6.72. The third-order valence-electron chi connectivity index (χ3n) is 2.79. The van der Waals surface area contributed by atoms with Crippen LogP contribution in [0.1, 0.15) is 46.5 Å². The molecule has 0 aromatic heterocycles. The molecule has 14 heavy (non-hydrogen) atoms. The first kappa shape index (κ1) is 12.0. The first-order valence-electron chi connectivity index (χ1n) is 6.07. The molecule has 0 spiro atoms. The maximum absolute atomic E-state index is 5.79. The number of ether oxygens (including phenoxy) is 1. The predicted octanol–water partition coefficient (Wildman–Crippen LogP) is 2.58. The SMILES string of the molecule is CCCCOC1CNC(CC(C)C)C1. The van der Waals surface area contributed by atoms with Crippen molar-refractivity contribution < 1.29 is 4.74 Å². The molecule has 0 bridgehead atoms. The van der Waals surface area contributed by atoms with Crippen LogP contribution in [0.5, 0.6) is 0 Å². The van der Waals surface area contributed by atoms with Crippen LogP contribution in [0, 0.1) is 5.92 Å². The van der Waals surface area contributed by atoms with Crippen LogP contribution in [0.2, 0.25) is 0 Å².